The van der Waals surface area contributed by atoms with E-state index in [1.54, 1.807) is 0 Å². The molecule has 0 aromatic carbocycles. The summed E-state index contributed by atoms with van der Waals surface area (Å²) in [6, 6.07) is 0.277. The molecule has 2 heterocycles. The number of carbonyl (C=O) groups excluding carboxylic acids is 1. The summed E-state index contributed by atoms with van der Waals surface area (Å²) < 4.78 is 5.56. The zero-order chi connectivity index (χ0) is 15.2. The zero-order valence-corrected chi connectivity index (χ0v) is 12.7. The first-order valence-electron chi connectivity index (χ1n) is 7.26. The molecule has 116 valence electrons. The molecule has 0 radical (unpaired) electrons. The van der Waals surface area contributed by atoms with Crippen molar-refractivity contribution in [3.8, 4) is 6.01 Å². The van der Waals surface area contributed by atoms with Gasteiger partial charge in [0.05, 0.1) is 12.6 Å². The number of ether oxygens (including phenoxy) is 1. The van der Waals surface area contributed by atoms with Crippen molar-refractivity contribution in [2.45, 2.75) is 33.3 Å². The fourth-order valence-electron chi connectivity index (χ4n) is 1.88. The number of carbonyl (C=O) groups is 1. The van der Waals surface area contributed by atoms with Crippen molar-refractivity contribution in [2.24, 2.45) is 0 Å². The van der Waals surface area contributed by atoms with Crippen LogP contribution in [0.15, 0.2) is 0 Å². The molecule has 0 saturated carbocycles. The zero-order valence-electron chi connectivity index (χ0n) is 12.7. The van der Waals surface area contributed by atoms with Crippen LogP contribution in [0.2, 0.25) is 0 Å². The largest absolute Gasteiger partial charge is 0.461 e. The van der Waals surface area contributed by atoms with Crippen molar-refractivity contribution in [3.63, 3.8) is 0 Å². The van der Waals surface area contributed by atoms with E-state index in [0.717, 1.165) is 13.0 Å². The van der Waals surface area contributed by atoms with Gasteiger partial charge in [0.25, 0.3) is 0 Å². The van der Waals surface area contributed by atoms with Crippen molar-refractivity contribution in [3.05, 3.63) is 0 Å². The van der Waals surface area contributed by atoms with Gasteiger partial charge in [0.1, 0.15) is 0 Å². The first-order valence-corrected chi connectivity index (χ1v) is 7.26. The number of piperazine rings is 1. The Morgan fingerprint density at radius 1 is 1.38 bits per heavy atom. The van der Waals surface area contributed by atoms with Crippen molar-refractivity contribution < 1.29 is 9.53 Å². The molecule has 2 N–H and O–H groups in total. The highest BCUT2D eigenvalue weighted by Gasteiger charge is 2.20. The molecular weight excluding hydrogens is 272 g/mol. The minimum Gasteiger partial charge on any atom is -0.461 e. The summed E-state index contributed by atoms with van der Waals surface area (Å²) in [5.74, 6) is 0.911. The monoisotopic (exact) mass is 294 g/mol. The van der Waals surface area contributed by atoms with Crippen LogP contribution in [0.5, 0.6) is 6.01 Å². The first-order chi connectivity index (χ1) is 10.1. The van der Waals surface area contributed by atoms with Gasteiger partial charge in [-0.3, -0.25) is 4.79 Å². The topological polar surface area (TPSA) is 92.3 Å². The lowest BCUT2D eigenvalue weighted by atomic mass is 10.4. The van der Waals surface area contributed by atoms with E-state index in [-0.39, 0.29) is 24.6 Å². The molecule has 1 aromatic rings. The molecule has 8 nitrogen and oxygen atoms in total. The molecule has 21 heavy (non-hydrogen) atoms. The SMILES string of the molecule is CCCNc1nc(OC(C)C)nc(N2CCNC(=O)C2)n1. The van der Waals surface area contributed by atoms with E-state index in [1.165, 1.54) is 0 Å². The number of anilines is 2. The van der Waals surface area contributed by atoms with E-state index in [9.17, 15) is 4.79 Å². The molecule has 2 rings (SSSR count). The highest BCUT2D eigenvalue weighted by Crippen LogP contribution is 2.16. The van der Waals surface area contributed by atoms with Crippen LogP contribution in [0, 0.1) is 0 Å². The molecule has 1 fully saturated rings. The third-order valence-electron chi connectivity index (χ3n) is 2.80. The second-order valence-corrected chi connectivity index (χ2v) is 5.11. The molecule has 8 heteroatoms. The van der Waals surface area contributed by atoms with Crippen molar-refractivity contribution in [1.82, 2.24) is 20.3 Å². The molecule has 0 unspecified atom stereocenters. The lowest BCUT2D eigenvalue weighted by Gasteiger charge is -2.26. The molecule has 0 aliphatic carbocycles. The Bertz CT molecular complexity index is 494. The molecule has 1 aliphatic heterocycles. The number of hydrogen-bond donors (Lipinski definition) is 2. The number of amides is 1. The third kappa shape index (κ3) is 4.44. The van der Waals surface area contributed by atoms with Gasteiger partial charge in [0.15, 0.2) is 0 Å². The van der Waals surface area contributed by atoms with Crippen LogP contribution in [0.3, 0.4) is 0 Å². The Kier molecular flexibility index (Phi) is 5.13. The Balaban J connectivity index is 2.22. The molecular formula is C13H22N6O2. The summed E-state index contributed by atoms with van der Waals surface area (Å²) in [5, 5.41) is 5.91. The maximum atomic E-state index is 11.5. The van der Waals surface area contributed by atoms with Gasteiger partial charge >= 0.3 is 6.01 Å². The number of aromatic nitrogens is 3. The van der Waals surface area contributed by atoms with Crippen molar-refractivity contribution in [2.75, 3.05) is 36.4 Å². The lowest BCUT2D eigenvalue weighted by molar-refractivity contribution is -0.120. The quantitative estimate of drug-likeness (QED) is 0.785. The summed E-state index contributed by atoms with van der Waals surface area (Å²) in [5.41, 5.74) is 0. The summed E-state index contributed by atoms with van der Waals surface area (Å²) >= 11 is 0. The molecule has 0 spiro atoms. The van der Waals surface area contributed by atoms with E-state index in [2.05, 4.69) is 32.5 Å². The molecule has 1 amide bonds. The molecule has 0 bridgehead atoms. The van der Waals surface area contributed by atoms with Crippen LogP contribution >= 0.6 is 0 Å². The minimum absolute atomic E-state index is 0.0241. The van der Waals surface area contributed by atoms with Crippen molar-refractivity contribution in [1.29, 1.82) is 0 Å². The van der Waals surface area contributed by atoms with Crippen LogP contribution in [0.1, 0.15) is 27.2 Å². The van der Waals surface area contributed by atoms with E-state index >= 15 is 0 Å². The fraction of sp³-hybridized carbons (Fsp3) is 0.692. The van der Waals surface area contributed by atoms with E-state index in [1.807, 2.05) is 18.7 Å². The predicted molar refractivity (Wildman–Crippen MR) is 79.6 cm³/mol. The van der Waals surface area contributed by atoms with Crippen LogP contribution in [0.4, 0.5) is 11.9 Å². The van der Waals surface area contributed by atoms with Crippen LogP contribution < -0.4 is 20.3 Å². The van der Waals surface area contributed by atoms with E-state index in [4.69, 9.17) is 4.74 Å². The van der Waals surface area contributed by atoms with Crippen LogP contribution in [0.25, 0.3) is 0 Å². The Morgan fingerprint density at radius 2 is 2.19 bits per heavy atom. The second-order valence-electron chi connectivity index (χ2n) is 5.11. The number of nitrogens with zero attached hydrogens (tertiary/aromatic N) is 4. The summed E-state index contributed by atoms with van der Waals surface area (Å²) in [4.78, 5) is 26.2. The lowest BCUT2D eigenvalue weighted by Crippen LogP contribution is -2.48. The first kappa shape index (κ1) is 15.3. The van der Waals surface area contributed by atoms with Gasteiger partial charge in [-0.05, 0) is 20.3 Å². The minimum atomic E-state index is -0.0314. The Labute approximate surface area is 124 Å². The third-order valence-corrected chi connectivity index (χ3v) is 2.80. The molecule has 1 saturated heterocycles. The van der Waals surface area contributed by atoms with Gasteiger partial charge in [-0.1, -0.05) is 6.92 Å². The van der Waals surface area contributed by atoms with Gasteiger partial charge in [-0.15, -0.1) is 0 Å². The second kappa shape index (κ2) is 7.05. The van der Waals surface area contributed by atoms with Crippen LogP contribution in [-0.4, -0.2) is 53.1 Å². The Hall–Kier alpha value is -2.12. The molecule has 1 aliphatic rings. The fourth-order valence-corrected chi connectivity index (χ4v) is 1.88. The highest BCUT2D eigenvalue weighted by molar-refractivity contribution is 5.81. The van der Waals surface area contributed by atoms with Crippen LogP contribution in [-0.2, 0) is 4.79 Å². The van der Waals surface area contributed by atoms with E-state index < -0.39 is 0 Å². The predicted octanol–water partition coefficient (Wildman–Crippen LogP) is 0.417. The van der Waals surface area contributed by atoms with Gasteiger partial charge < -0.3 is 20.3 Å². The van der Waals surface area contributed by atoms with Crippen molar-refractivity contribution >= 4 is 17.8 Å². The maximum Gasteiger partial charge on any atom is 0.323 e. The van der Waals surface area contributed by atoms with Gasteiger partial charge in [0.2, 0.25) is 17.8 Å². The average molecular weight is 294 g/mol. The summed E-state index contributed by atoms with van der Waals surface area (Å²) in [6.45, 7) is 8.17. The summed E-state index contributed by atoms with van der Waals surface area (Å²) in [6.07, 6.45) is 0.942. The maximum absolute atomic E-state index is 11.5. The smallest absolute Gasteiger partial charge is 0.323 e. The number of hydrogen-bond acceptors (Lipinski definition) is 7. The summed E-state index contributed by atoms with van der Waals surface area (Å²) in [7, 11) is 0. The molecule has 0 atom stereocenters. The highest BCUT2D eigenvalue weighted by atomic mass is 16.5. The number of nitrogens with one attached hydrogen (secondary N) is 2. The van der Waals surface area contributed by atoms with Gasteiger partial charge in [-0.25, -0.2) is 0 Å². The van der Waals surface area contributed by atoms with Gasteiger partial charge in [0, 0.05) is 19.6 Å². The van der Waals surface area contributed by atoms with E-state index in [0.29, 0.717) is 25.0 Å². The standard InChI is InChI=1S/C13H22N6O2/c1-4-5-15-11-16-12(18-13(17-11)21-9(2)3)19-7-6-14-10(20)8-19/h9H,4-8H2,1-3H3,(H,14,20)(H,15,16,17,18). The average Bonchev–Trinajstić information content (AvgIpc) is 2.44. The Morgan fingerprint density at radius 3 is 2.86 bits per heavy atom. The molecule has 1 aromatic heterocycles. The number of rotatable bonds is 6. The van der Waals surface area contributed by atoms with Gasteiger partial charge in [-0.2, -0.15) is 15.0 Å². The normalized spacial score (nSPS) is 15.0.